The molecule has 0 unspecified atom stereocenters. The fraction of sp³-hybridized carbons (Fsp3) is 0. The zero-order valence-corrected chi connectivity index (χ0v) is 8.98. The molecule has 18 heavy (non-hydrogen) atoms. The predicted molar refractivity (Wildman–Crippen MR) is 60.9 cm³/mol. The van der Waals surface area contributed by atoms with Crippen molar-refractivity contribution in [1.29, 1.82) is 0 Å². The highest BCUT2D eigenvalue weighted by Crippen LogP contribution is 2.24. The van der Waals surface area contributed by atoms with Crippen molar-refractivity contribution >= 4 is 17.4 Å². The molecule has 2 heterocycles. The number of carbonyl (C=O) groups excluding carboxylic acids is 1. The fourth-order valence-corrected chi connectivity index (χ4v) is 1.44. The van der Waals surface area contributed by atoms with E-state index in [4.69, 9.17) is 11.5 Å². The van der Waals surface area contributed by atoms with Crippen molar-refractivity contribution in [3.05, 3.63) is 40.3 Å². The molecule has 0 fully saturated rings. The molecule has 2 aromatic rings. The summed E-state index contributed by atoms with van der Waals surface area (Å²) in [4.78, 5) is 24.9. The molecule has 0 atom stereocenters. The van der Waals surface area contributed by atoms with E-state index in [-0.39, 0.29) is 22.8 Å². The summed E-state index contributed by atoms with van der Waals surface area (Å²) in [5.41, 5.74) is 10.6. The number of carbonyl (C=O) groups is 1. The van der Waals surface area contributed by atoms with Crippen LogP contribution in [0.4, 0.5) is 11.5 Å². The summed E-state index contributed by atoms with van der Waals surface area (Å²) < 4.78 is 1.07. The number of nitro groups is 1. The lowest BCUT2D eigenvalue weighted by atomic mass is 10.3. The van der Waals surface area contributed by atoms with Gasteiger partial charge in [-0.05, 0) is 6.07 Å². The maximum atomic E-state index is 11.0. The minimum atomic E-state index is -0.754. The van der Waals surface area contributed by atoms with E-state index in [1.807, 2.05) is 0 Å². The number of amides is 1. The summed E-state index contributed by atoms with van der Waals surface area (Å²) in [6.07, 6.45) is 3.58. The van der Waals surface area contributed by atoms with Crippen molar-refractivity contribution in [2.45, 2.75) is 0 Å². The van der Waals surface area contributed by atoms with Crippen molar-refractivity contribution in [3.63, 3.8) is 0 Å². The molecule has 0 saturated heterocycles. The molecular weight excluding hydrogens is 240 g/mol. The smallest absolute Gasteiger partial charge is 0.313 e. The van der Waals surface area contributed by atoms with Crippen LogP contribution in [-0.2, 0) is 0 Å². The number of primary amides is 1. The number of nitrogens with zero attached hydrogens (tertiary/aromatic N) is 4. The van der Waals surface area contributed by atoms with Crippen molar-refractivity contribution in [3.8, 4) is 5.69 Å². The second kappa shape index (κ2) is 4.13. The Bertz CT molecular complexity index is 635. The van der Waals surface area contributed by atoms with Gasteiger partial charge in [0.2, 0.25) is 0 Å². The SMILES string of the molecule is NC(=O)c1cnn(-c2ccncc2[N+](=O)[O-])c1N. The Morgan fingerprint density at radius 1 is 1.44 bits per heavy atom. The Labute approximate surface area is 100 Å². The molecule has 0 bridgehead atoms. The first-order valence-electron chi connectivity index (χ1n) is 4.74. The third-order valence-electron chi connectivity index (χ3n) is 2.27. The summed E-state index contributed by atoms with van der Waals surface area (Å²) in [6, 6.07) is 1.37. The van der Waals surface area contributed by atoms with Gasteiger partial charge in [-0.25, -0.2) is 4.68 Å². The Kier molecular flexibility index (Phi) is 2.64. The molecule has 9 heteroatoms. The topological polar surface area (TPSA) is 143 Å². The van der Waals surface area contributed by atoms with Gasteiger partial charge in [0.1, 0.15) is 23.3 Å². The zero-order chi connectivity index (χ0) is 13.3. The predicted octanol–water partition coefficient (Wildman–Crippen LogP) is -0.143. The van der Waals surface area contributed by atoms with E-state index >= 15 is 0 Å². The highest BCUT2D eigenvalue weighted by atomic mass is 16.6. The number of hydrogen-bond donors (Lipinski definition) is 2. The molecule has 1 amide bonds. The number of nitrogen functional groups attached to an aromatic ring is 1. The average Bonchev–Trinajstić information content (AvgIpc) is 2.71. The first kappa shape index (κ1) is 11.5. The van der Waals surface area contributed by atoms with Crippen LogP contribution in [0.3, 0.4) is 0 Å². The number of anilines is 1. The molecule has 2 rings (SSSR count). The minimum Gasteiger partial charge on any atom is -0.383 e. The maximum Gasteiger partial charge on any atom is 0.313 e. The third kappa shape index (κ3) is 1.73. The van der Waals surface area contributed by atoms with Crippen LogP contribution in [0.2, 0.25) is 0 Å². The van der Waals surface area contributed by atoms with E-state index in [0.29, 0.717) is 0 Å². The van der Waals surface area contributed by atoms with Gasteiger partial charge in [-0.1, -0.05) is 0 Å². The molecule has 92 valence electrons. The van der Waals surface area contributed by atoms with E-state index in [1.165, 1.54) is 12.3 Å². The van der Waals surface area contributed by atoms with E-state index in [1.54, 1.807) is 0 Å². The molecule has 0 aliphatic heterocycles. The Balaban J connectivity index is 2.63. The lowest BCUT2D eigenvalue weighted by Gasteiger charge is -2.04. The standard InChI is InChI=1S/C9H8N6O3/c10-8-5(9(11)16)3-13-14(8)6-1-2-12-4-7(6)15(17)18/h1-4H,10H2,(H2,11,16). The van der Waals surface area contributed by atoms with E-state index in [2.05, 4.69) is 10.1 Å². The molecule has 0 aromatic carbocycles. The first-order chi connectivity index (χ1) is 8.52. The molecular formula is C9H8N6O3. The number of nitrogens with two attached hydrogens (primary N) is 2. The lowest BCUT2D eigenvalue weighted by molar-refractivity contribution is -0.384. The molecule has 4 N–H and O–H groups in total. The molecule has 0 spiro atoms. The average molecular weight is 248 g/mol. The number of hydrogen-bond acceptors (Lipinski definition) is 6. The molecule has 0 aliphatic carbocycles. The fourth-order valence-electron chi connectivity index (χ4n) is 1.44. The van der Waals surface area contributed by atoms with Gasteiger partial charge in [0.25, 0.3) is 5.91 Å². The second-order valence-electron chi connectivity index (χ2n) is 3.34. The van der Waals surface area contributed by atoms with Crippen LogP contribution in [0.15, 0.2) is 24.7 Å². The molecule has 9 nitrogen and oxygen atoms in total. The van der Waals surface area contributed by atoms with Gasteiger partial charge in [0.15, 0.2) is 0 Å². The second-order valence-corrected chi connectivity index (χ2v) is 3.34. The molecule has 2 aromatic heterocycles. The first-order valence-corrected chi connectivity index (χ1v) is 4.74. The van der Waals surface area contributed by atoms with Crippen molar-refractivity contribution < 1.29 is 9.72 Å². The van der Waals surface area contributed by atoms with Crippen LogP contribution in [0, 0.1) is 10.1 Å². The summed E-state index contributed by atoms with van der Waals surface area (Å²) >= 11 is 0. The Hall–Kier alpha value is -2.97. The van der Waals surface area contributed by atoms with Gasteiger partial charge in [0, 0.05) is 6.20 Å². The molecule has 0 radical (unpaired) electrons. The van der Waals surface area contributed by atoms with Crippen LogP contribution in [-0.4, -0.2) is 25.6 Å². The van der Waals surface area contributed by atoms with Crippen LogP contribution in [0.5, 0.6) is 0 Å². The summed E-state index contributed by atoms with van der Waals surface area (Å²) in [6.45, 7) is 0. The zero-order valence-electron chi connectivity index (χ0n) is 8.98. The largest absolute Gasteiger partial charge is 0.383 e. The summed E-state index contributed by atoms with van der Waals surface area (Å²) in [5, 5.41) is 14.6. The van der Waals surface area contributed by atoms with Gasteiger partial charge in [-0.15, -0.1) is 0 Å². The lowest BCUT2D eigenvalue weighted by Crippen LogP contribution is -2.13. The highest BCUT2D eigenvalue weighted by molar-refractivity contribution is 5.97. The van der Waals surface area contributed by atoms with E-state index in [0.717, 1.165) is 17.1 Å². The molecule has 0 aliphatic rings. The molecule has 0 saturated carbocycles. The highest BCUT2D eigenvalue weighted by Gasteiger charge is 2.20. The summed E-state index contributed by atoms with van der Waals surface area (Å²) in [7, 11) is 0. The quantitative estimate of drug-likeness (QED) is 0.571. The normalized spacial score (nSPS) is 10.2. The number of pyridine rings is 1. The monoisotopic (exact) mass is 248 g/mol. The van der Waals surface area contributed by atoms with Gasteiger partial charge < -0.3 is 11.5 Å². The third-order valence-corrected chi connectivity index (χ3v) is 2.27. The van der Waals surface area contributed by atoms with Crippen LogP contribution < -0.4 is 11.5 Å². The summed E-state index contributed by atoms with van der Waals surface area (Å²) in [5.74, 6) is -0.813. The van der Waals surface area contributed by atoms with E-state index < -0.39 is 10.8 Å². The minimum absolute atomic E-state index is 0.00103. The number of aromatic nitrogens is 3. The van der Waals surface area contributed by atoms with Gasteiger partial charge in [0.05, 0.1) is 11.1 Å². The van der Waals surface area contributed by atoms with Gasteiger partial charge in [-0.3, -0.25) is 19.9 Å². The Morgan fingerprint density at radius 2 is 2.17 bits per heavy atom. The van der Waals surface area contributed by atoms with Crippen molar-refractivity contribution in [1.82, 2.24) is 14.8 Å². The van der Waals surface area contributed by atoms with Crippen LogP contribution >= 0.6 is 0 Å². The van der Waals surface area contributed by atoms with Crippen LogP contribution in [0.25, 0.3) is 5.69 Å². The van der Waals surface area contributed by atoms with Crippen molar-refractivity contribution in [2.75, 3.05) is 5.73 Å². The van der Waals surface area contributed by atoms with Crippen LogP contribution in [0.1, 0.15) is 10.4 Å². The van der Waals surface area contributed by atoms with E-state index in [9.17, 15) is 14.9 Å². The van der Waals surface area contributed by atoms with Gasteiger partial charge >= 0.3 is 5.69 Å². The number of rotatable bonds is 3. The maximum absolute atomic E-state index is 11.0. The Morgan fingerprint density at radius 3 is 2.72 bits per heavy atom. The van der Waals surface area contributed by atoms with Gasteiger partial charge in [-0.2, -0.15) is 5.10 Å². The van der Waals surface area contributed by atoms with Crippen molar-refractivity contribution in [2.24, 2.45) is 5.73 Å².